The number of carboxylic acid groups (broad SMARTS) is 1. The number of nitrogens with two attached hydrogens (primary N) is 1. The van der Waals surface area contributed by atoms with Crippen molar-refractivity contribution in [2.45, 2.75) is 50.2 Å². The van der Waals surface area contributed by atoms with E-state index in [9.17, 15) is 19.5 Å². The van der Waals surface area contributed by atoms with Gasteiger partial charge in [0.2, 0.25) is 5.60 Å². The fraction of sp³-hybridized carbons (Fsp3) is 0.375. The van der Waals surface area contributed by atoms with E-state index in [0.29, 0.717) is 31.4 Å². The highest BCUT2D eigenvalue weighted by Crippen LogP contribution is 2.31. The molecule has 1 atom stereocenters. The lowest BCUT2D eigenvalue weighted by molar-refractivity contribution is -0.152. The molecule has 2 aromatic carbocycles. The molecule has 10 heteroatoms. The van der Waals surface area contributed by atoms with Crippen LogP contribution in [0.15, 0.2) is 48.5 Å². The van der Waals surface area contributed by atoms with Crippen LogP contribution in [0.4, 0.5) is 10.5 Å². The van der Waals surface area contributed by atoms with E-state index in [4.69, 9.17) is 33.7 Å². The quantitative estimate of drug-likeness (QED) is 0.481. The van der Waals surface area contributed by atoms with Crippen LogP contribution in [-0.4, -0.2) is 40.7 Å². The van der Waals surface area contributed by atoms with Gasteiger partial charge >= 0.3 is 12.0 Å². The Bertz CT molecular complexity index is 1040. The van der Waals surface area contributed by atoms with E-state index in [1.807, 2.05) is 0 Å². The minimum Gasteiger partial charge on any atom is -0.480 e. The average molecular weight is 508 g/mol. The molecule has 3 amide bonds. The van der Waals surface area contributed by atoms with Crippen molar-refractivity contribution >= 4 is 46.8 Å². The zero-order valence-electron chi connectivity index (χ0n) is 18.7. The number of urea groups is 1. The number of carboxylic acids is 1. The maximum Gasteiger partial charge on any atom is 0.329 e. The molecule has 0 spiro atoms. The molecule has 2 aromatic rings. The normalized spacial score (nSPS) is 16.7. The van der Waals surface area contributed by atoms with Crippen LogP contribution in [0.1, 0.15) is 39.0 Å². The number of hydrogen-bond donors (Lipinski definition) is 3. The average Bonchev–Trinajstić information content (AvgIpc) is 2.78. The number of amides is 3. The number of benzene rings is 2. The molecule has 34 heavy (non-hydrogen) atoms. The largest absolute Gasteiger partial charge is 0.480 e. The van der Waals surface area contributed by atoms with E-state index in [-0.39, 0.29) is 22.3 Å². The Kier molecular flexibility index (Phi) is 7.94. The molecule has 1 saturated carbocycles. The number of rotatable bonds is 8. The van der Waals surface area contributed by atoms with Crippen LogP contribution in [-0.2, 0) is 9.59 Å². The Hall–Kier alpha value is -2.97. The summed E-state index contributed by atoms with van der Waals surface area (Å²) in [7, 11) is 0. The molecular weight excluding hydrogens is 481 g/mol. The minimum absolute atomic E-state index is 0.270. The molecule has 3 rings (SSSR count). The number of anilines is 1. The highest BCUT2D eigenvalue weighted by molar-refractivity contribution is 6.35. The van der Waals surface area contributed by atoms with Gasteiger partial charge in [0.15, 0.2) is 0 Å². The third-order valence-electron chi connectivity index (χ3n) is 5.92. The fourth-order valence-electron chi connectivity index (χ4n) is 4.09. The van der Waals surface area contributed by atoms with E-state index >= 15 is 0 Å². The number of halogens is 2. The Morgan fingerprint density at radius 3 is 2.21 bits per heavy atom. The summed E-state index contributed by atoms with van der Waals surface area (Å²) in [6.07, 6.45) is 2.86. The number of carbonyl (C=O) groups is 3. The summed E-state index contributed by atoms with van der Waals surface area (Å²) in [5.41, 5.74) is 2.80. The fourth-order valence-corrected chi connectivity index (χ4v) is 4.60. The predicted octanol–water partition coefficient (Wildman–Crippen LogP) is 4.62. The predicted molar refractivity (Wildman–Crippen MR) is 130 cm³/mol. The van der Waals surface area contributed by atoms with Crippen LogP contribution >= 0.6 is 23.2 Å². The zero-order chi connectivity index (χ0) is 24.9. The first-order valence-corrected chi connectivity index (χ1v) is 11.6. The van der Waals surface area contributed by atoms with Crippen molar-refractivity contribution < 1.29 is 24.2 Å². The van der Waals surface area contributed by atoms with Crippen molar-refractivity contribution in [3.8, 4) is 5.75 Å². The Morgan fingerprint density at radius 1 is 1.09 bits per heavy atom. The number of nitrogens with zero attached hydrogens (tertiary/aromatic N) is 1. The molecule has 1 unspecified atom stereocenters. The van der Waals surface area contributed by atoms with Gasteiger partial charge in [-0.3, -0.25) is 9.69 Å². The monoisotopic (exact) mass is 507 g/mol. The first-order chi connectivity index (χ1) is 16.0. The number of aliphatic carboxylic acids is 1. The standard InChI is InChI=1S/C24H27Cl2N3O5/c1-23(34-19-8-4-2-5-9-19,20(30)28-24(21(31)32)10-6-3-7-11-24)15-29(22(27)33)18-13-16(25)12-17(26)14-18/h2,4-5,8-9,12-14H,3,6-7,10-11,15H2,1H3,(H2,27,33)(H,28,30)(H,31,32). The van der Waals surface area contributed by atoms with Crippen molar-refractivity contribution in [2.24, 2.45) is 5.73 Å². The number of carbonyl (C=O) groups excluding carboxylic acids is 2. The number of para-hydroxylation sites is 1. The second-order valence-corrected chi connectivity index (χ2v) is 9.47. The van der Waals surface area contributed by atoms with Gasteiger partial charge in [-0.05, 0) is 50.1 Å². The molecule has 0 saturated heterocycles. The van der Waals surface area contributed by atoms with Gasteiger partial charge in [-0.25, -0.2) is 9.59 Å². The van der Waals surface area contributed by atoms with E-state index in [1.54, 1.807) is 30.3 Å². The maximum absolute atomic E-state index is 13.6. The van der Waals surface area contributed by atoms with Gasteiger partial charge in [0.1, 0.15) is 11.3 Å². The van der Waals surface area contributed by atoms with Crippen LogP contribution in [0.5, 0.6) is 5.75 Å². The van der Waals surface area contributed by atoms with Crippen LogP contribution in [0.25, 0.3) is 0 Å². The Balaban J connectivity index is 1.99. The van der Waals surface area contributed by atoms with Crippen molar-refractivity contribution in [3.63, 3.8) is 0 Å². The summed E-state index contributed by atoms with van der Waals surface area (Å²) in [6.45, 7) is 1.16. The minimum atomic E-state index is -1.70. The van der Waals surface area contributed by atoms with E-state index in [0.717, 1.165) is 11.3 Å². The third kappa shape index (κ3) is 5.93. The molecule has 0 aliphatic heterocycles. The molecule has 0 bridgehead atoms. The molecule has 182 valence electrons. The van der Waals surface area contributed by atoms with Crippen LogP contribution in [0, 0.1) is 0 Å². The molecular formula is C24H27Cl2N3O5. The number of ether oxygens (including phenoxy) is 1. The first kappa shape index (κ1) is 25.6. The second-order valence-electron chi connectivity index (χ2n) is 8.60. The lowest BCUT2D eigenvalue weighted by Gasteiger charge is -2.39. The van der Waals surface area contributed by atoms with Gasteiger partial charge < -0.3 is 20.9 Å². The molecule has 4 N–H and O–H groups in total. The summed E-state index contributed by atoms with van der Waals surface area (Å²) in [5.74, 6) is -1.42. The van der Waals surface area contributed by atoms with Crippen molar-refractivity contribution in [1.82, 2.24) is 5.32 Å². The molecule has 1 aliphatic carbocycles. The molecule has 1 fully saturated rings. The molecule has 0 radical (unpaired) electrons. The van der Waals surface area contributed by atoms with Gasteiger partial charge in [0, 0.05) is 15.7 Å². The Labute approximate surface area is 208 Å². The van der Waals surface area contributed by atoms with Crippen LogP contribution in [0.3, 0.4) is 0 Å². The van der Waals surface area contributed by atoms with Crippen molar-refractivity contribution in [2.75, 3.05) is 11.4 Å². The van der Waals surface area contributed by atoms with Gasteiger partial charge in [-0.2, -0.15) is 0 Å². The molecule has 1 aliphatic rings. The van der Waals surface area contributed by atoms with Gasteiger partial charge in [-0.1, -0.05) is 60.7 Å². The SMILES string of the molecule is CC(CN(C(N)=O)c1cc(Cl)cc(Cl)c1)(Oc1ccccc1)C(=O)NC1(C(=O)O)CCCCC1. The number of hydrogen-bond acceptors (Lipinski definition) is 4. The van der Waals surface area contributed by atoms with Crippen molar-refractivity contribution in [1.29, 1.82) is 0 Å². The summed E-state index contributed by atoms with van der Waals surface area (Å²) in [6, 6.07) is 12.2. The topological polar surface area (TPSA) is 122 Å². The summed E-state index contributed by atoms with van der Waals surface area (Å²) >= 11 is 12.2. The van der Waals surface area contributed by atoms with Gasteiger partial charge in [0.25, 0.3) is 5.91 Å². The van der Waals surface area contributed by atoms with E-state index in [2.05, 4.69) is 5.32 Å². The van der Waals surface area contributed by atoms with E-state index in [1.165, 1.54) is 25.1 Å². The highest BCUT2D eigenvalue weighted by atomic mass is 35.5. The molecule has 8 nitrogen and oxygen atoms in total. The van der Waals surface area contributed by atoms with Gasteiger partial charge in [0.05, 0.1) is 6.54 Å². The van der Waals surface area contributed by atoms with Crippen molar-refractivity contribution in [3.05, 3.63) is 58.6 Å². The number of nitrogens with one attached hydrogen (secondary N) is 1. The third-order valence-corrected chi connectivity index (χ3v) is 6.36. The molecule has 0 aromatic heterocycles. The second kappa shape index (κ2) is 10.5. The summed E-state index contributed by atoms with van der Waals surface area (Å²) in [5, 5.41) is 13.2. The zero-order valence-corrected chi connectivity index (χ0v) is 20.2. The summed E-state index contributed by atoms with van der Waals surface area (Å²) in [4.78, 5) is 39.3. The molecule has 0 heterocycles. The number of primary amides is 1. The Morgan fingerprint density at radius 2 is 1.68 bits per heavy atom. The lowest BCUT2D eigenvalue weighted by atomic mass is 9.81. The van der Waals surface area contributed by atoms with E-state index < -0.39 is 29.0 Å². The maximum atomic E-state index is 13.6. The lowest BCUT2D eigenvalue weighted by Crippen LogP contribution is -2.64. The first-order valence-electron chi connectivity index (χ1n) is 10.9. The van der Waals surface area contributed by atoms with Crippen LogP contribution in [0.2, 0.25) is 10.0 Å². The highest BCUT2D eigenvalue weighted by Gasteiger charge is 2.47. The smallest absolute Gasteiger partial charge is 0.329 e. The summed E-state index contributed by atoms with van der Waals surface area (Å²) < 4.78 is 6.07. The van der Waals surface area contributed by atoms with Gasteiger partial charge in [-0.15, -0.1) is 0 Å². The van der Waals surface area contributed by atoms with Crippen LogP contribution < -0.4 is 20.7 Å².